The van der Waals surface area contributed by atoms with Crippen LogP contribution >= 0.6 is 0 Å². The first-order valence-electron chi connectivity index (χ1n) is 4.02. The molecule has 0 heterocycles. The fourth-order valence-corrected chi connectivity index (χ4v) is 1.17. The van der Waals surface area contributed by atoms with Gasteiger partial charge in [0.15, 0.2) is 0 Å². The first-order chi connectivity index (χ1) is 4.34. The highest BCUT2D eigenvalue weighted by Gasteiger charge is 2.14. The second-order valence-corrected chi connectivity index (χ2v) is 3.02. The van der Waals surface area contributed by atoms with E-state index in [2.05, 4.69) is 13.8 Å². The van der Waals surface area contributed by atoms with Crippen LogP contribution in [-0.4, -0.2) is 0 Å². The zero-order chi connectivity index (χ0) is 6.69. The molecule has 0 atom stereocenters. The van der Waals surface area contributed by atoms with Gasteiger partial charge in [-0.05, 0) is 26.2 Å². The molecule has 0 aromatic carbocycles. The van der Waals surface area contributed by atoms with Crippen molar-refractivity contribution in [2.75, 3.05) is 0 Å². The normalized spacial score (nSPS) is 16.7. The number of allylic oxidation sites excluding steroid dienone is 2. The molecule has 1 aliphatic carbocycles. The molecule has 1 rings (SSSR count). The summed E-state index contributed by atoms with van der Waals surface area (Å²) in [6.45, 7) is 4.51. The fourth-order valence-electron chi connectivity index (χ4n) is 1.17. The van der Waals surface area contributed by atoms with Crippen molar-refractivity contribution >= 4 is 0 Å². The third-order valence-electron chi connectivity index (χ3n) is 2.04. The Morgan fingerprint density at radius 2 is 2.00 bits per heavy atom. The van der Waals surface area contributed by atoms with Crippen molar-refractivity contribution in [1.29, 1.82) is 0 Å². The summed E-state index contributed by atoms with van der Waals surface area (Å²) >= 11 is 0. The third kappa shape index (κ3) is 2.21. The molecular formula is C9H16. The molecule has 0 amide bonds. The van der Waals surface area contributed by atoms with Crippen molar-refractivity contribution < 1.29 is 0 Å². The molecule has 52 valence electrons. The smallest absolute Gasteiger partial charge is 0.0106 e. The molecule has 9 heavy (non-hydrogen) atoms. The van der Waals surface area contributed by atoms with Crippen LogP contribution < -0.4 is 0 Å². The lowest BCUT2D eigenvalue weighted by atomic mass is 10.2. The lowest BCUT2D eigenvalue weighted by Gasteiger charge is -1.90. The number of rotatable bonds is 4. The Balaban J connectivity index is 1.94. The van der Waals surface area contributed by atoms with Crippen LogP contribution in [0.5, 0.6) is 0 Å². The predicted octanol–water partition coefficient (Wildman–Crippen LogP) is 3.29. The van der Waals surface area contributed by atoms with Crippen LogP contribution in [0.2, 0.25) is 0 Å². The van der Waals surface area contributed by atoms with E-state index in [-0.39, 0.29) is 0 Å². The van der Waals surface area contributed by atoms with Crippen molar-refractivity contribution in [2.45, 2.75) is 46.0 Å². The number of hydrogen-bond donors (Lipinski definition) is 0. The van der Waals surface area contributed by atoms with E-state index in [9.17, 15) is 0 Å². The maximum absolute atomic E-state index is 2.26. The minimum absolute atomic E-state index is 1.35. The van der Waals surface area contributed by atoms with Crippen LogP contribution in [0.4, 0.5) is 0 Å². The monoisotopic (exact) mass is 124 g/mol. The molecule has 0 heteroatoms. The average Bonchev–Trinajstić information content (AvgIpc) is 2.48. The van der Waals surface area contributed by atoms with Gasteiger partial charge in [0.05, 0.1) is 0 Å². The molecule has 1 aliphatic rings. The van der Waals surface area contributed by atoms with Crippen LogP contribution in [0.1, 0.15) is 46.0 Å². The van der Waals surface area contributed by atoms with Gasteiger partial charge in [-0.3, -0.25) is 0 Å². The van der Waals surface area contributed by atoms with E-state index in [1.165, 1.54) is 32.1 Å². The first kappa shape index (κ1) is 6.85. The molecule has 0 spiro atoms. The molecule has 0 N–H and O–H groups in total. The van der Waals surface area contributed by atoms with Gasteiger partial charge in [0, 0.05) is 0 Å². The molecule has 0 nitrogen and oxygen atoms in total. The summed E-state index contributed by atoms with van der Waals surface area (Å²) in [5.41, 5.74) is 3.40. The van der Waals surface area contributed by atoms with Gasteiger partial charge in [-0.25, -0.2) is 0 Å². The molecule has 0 aliphatic heterocycles. The summed E-state index contributed by atoms with van der Waals surface area (Å²) < 4.78 is 0. The SMILES string of the molecule is CCCCCC1=C(C)C1. The van der Waals surface area contributed by atoms with Gasteiger partial charge in [0.25, 0.3) is 0 Å². The molecule has 0 saturated heterocycles. The topological polar surface area (TPSA) is 0 Å². The third-order valence-corrected chi connectivity index (χ3v) is 2.04. The highest BCUT2D eigenvalue weighted by Crippen LogP contribution is 2.33. The van der Waals surface area contributed by atoms with Crippen LogP contribution in [0.3, 0.4) is 0 Å². The molecule has 0 fully saturated rings. The maximum Gasteiger partial charge on any atom is -0.0106 e. The van der Waals surface area contributed by atoms with Crippen molar-refractivity contribution in [3.05, 3.63) is 11.1 Å². The van der Waals surface area contributed by atoms with E-state index in [0.717, 1.165) is 0 Å². The van der Waals surface area contributed by atoms with Gasteiger partial charge in [0.1, 0.15) is 0 Å². The van der Waals surface area contributed by atoms with Crippen LogP contribution in [0.15, 0.2) is 11.1 Å². The molecule has 0 saturated carbocycles. The van der Waals surface area contributed by atoms with E-state index in [1.807, 2.05) is 0 Å². The largest absolute Gasteiger partial charge is 0.0697 e. The van der Waals surface area contributed by atoms with E-state index in [0.29, 0.717) is 0 Å². The summed E-state index contributed by atoms with van der Waals surface area (Å²) in [5.74, 6) is 0. The highest BCUT2D eigenvalue weighted by molar-refractivity contribution is 5.32. The summed E-state index contributed by atoms with van der Waals surface area (Å²) in [5, 5.41) is 0. The Labute approximate surface area is 58.0 Å². The number of unbranched alkanes of at least 4 members (excludes halogenated alkanes) is 2. The first-order valence-corrected chi connectivity index (χ1v) is 4.02. The van der Waals surface area contributed by atoms with Gasteiger partial charge in [-0.1, -0.05) is 30.9 Å². The van der Waals surface area contributed by atoms with E-state index >= 15 is 0 Å². The Morgan fingerprint density at radius 1 is 1.33 bits per heavy atom. The lowest BCUT2D eigenvalue weighted by molar-refractivity contribution is 0.720. The van der Waals surface area contributed by atoms with E-state index in [4.69, 9.17) is 0 Å². The Morgan fingerprint density at radius 3 is 2.44 bits per heavy atom. The van der Waals surface area contributed by atoms with Crippen molar-refractivity contribution in [3.8, 4) is 0 Å². The molecule has 0 bridgehead atoms. The second-order valence-electron chi connectivity index (χ2n) is 3.02. The van der Waals surface area contributed by atoms with Crippen molar-refractivity contribution in [1.82, 2.24) is 0 Å². The Kier molecular flexibility index (Phi) is 2.32. The van der Waals surface area contributed by atoms with Gasteiger partial charge in [-0.2, -0.15) is 0 Å². The molecule has 0 unspecified atom stereocenters. The highest BCUT2D eigenvalue weighted by atomic mass is 14.2. The average molecular weight is 124 g/mol. The van der Waals surface area contributed by atoms with Gasteiger partial charge >= 0.3 is 0 Å². The summed E-state index contributed by atoms with van der Waals surface area (Å²) in [4.78, 5) is 0. The number of hydrogen-bond acceptors (Lipinski definition) is 0. The second kappa shape index (κ2) is 3.05. The molecular weight excluding hydrogens is 108 g/mol. The quantitative estimate of drug-likeness (QED) is 0.398. The minimum Gasteiger partial charge on any atom is -0.0697 e. The lowest BCUT2D eigenvalue weighted by Crippen LogP contribution is -1.71. The zero-order valence-electron chi connectivity index (χ0n) is 6.54. The Bertz CT molecular complexity index is 120. The summed E-state index contributed by atoms with van der Waals surface area (Å²) in [6, 6.07) is 0. The maximum atomic E-state index is 2.26. The minimum atomic E-state index is 1.35. The van der Waals surface area contributed by atoms with Crippen molar-refractivity contribution in [3.63, 3.8) is 0 Å². The molecule has 0 radical (unpaired) electrons. The van der Waals surface area contributed by atoms with Crippen molar-refractivity contribution in [2.24, 2.45) is 0 Å². The fraction of sp³-hybridized carbons (Fsp3) is 0.778. The standard InChI is InChI=1S/C9H16/c1-3-4-5-6-9-7-8(9)2/h3-7H2,1-2H3. The summed E-state index contributed by atoms with van der Waals surface area (Å²) in [6.07, 6.45) is 6.93. The van der Waals surface area contributed by atoms with Crippen LogP contribution in [0.25, 0.3) is 0 Å². The van der Waals surface area contributed by atoms with Gasteiger partial charge < -0.3 is 0 Å². The van der Waals surface area contributed by atoms with E-state index in [1.54, 1.807) is 11.1 Å². The Hall–Kier alpha value is -0.260. The summed E-state index contributed by atoms with van der Waals surface area (Å²) in [7, 11) is 0. The van der Waals surface area contributed by atoms with Gasteiger partial charge in [-0.15, -0.1) is 0 Å². The van der Waals surface area contributed by atoms with Crippen LogP contribution in [-0.2, 0) is 0 Å². The predicted molar refractivity (Wildman–Crippen MR) is 41.5 cm³/mol. The van der Waals surface area contributed by atoms with E-state index < -0.39 is 0 Å². The van der Waals surface area contributed by atoms with Gasteiger partial charge in [0.2, 0.25) is 0 Å². The molecule has 0 aromatic heterocycles. The zero-order valence-corrected chi connectivity index (χ0v) is 6.54. The van der Waals surface area contributed by atoms with Crippen LogP contribution in [0, 0.1) is 0 Å². The molecule has 0 aromatic rings.